The molecule has 0 spiro atoms. The average Bonchev–Trinajstić information content (AvgIpc) is 2.62. The maximum Gasteiger partial charge on any atom is 0.243 e. The van der Waals surface area contributed by atoms with Crippen molar-refractivity contribution >= 4 is 10.0 Å². The molecule has 1 saturated heterocycles. The molecule has 2 aromatic carbocycles. The predicted molar refractivity (Wildman–Crippen MR) is 95.6 cm³/mol. The molecule has 0 bridgehead atoms. The van der Waals surface area contributed by atoms with Gasteiger partial charge in [0.15, 0.2) is 0 Å². The Hall–Kier alpha value is -1.85. The van der Waals surface area contributed by atoms with Gasteiger partial charge in [0, 0.05) is 13.1 Å². The first-order chi connectivity index (χ1) is 11.5. The van der Waals surface area contributed by atoms with E-state index in [0.29, 0.717) is 23.9 Å². The van der Waals surface area contributed by atoms with Crippen LogP contribution >= 0.6 is 0 Å². The van der Waals surface area contributed by atoms with Crippen LogP contribution < -0.4 is 4.74 Å². The van der Waals surface area contributed by atoms with Crippen LogP contribution in [0.4, 0.5) is 0 Å². The number of rotatable bonds is 4. The summed E-state index contributed by atoms with van der Waals surface area (Å²) in [5, 5.41) is 0. The molecule has 0 radical (unpaired) electrons. The number of piperidine rings is 1. The highest BCUT2D eigenvalue weighted by atomic mass is 32.2. The molecule has 128 valence electrons. The molecule has 24 heavy (non-hydrogen) atoms. The minimum atomic E-state index is -3.39. The Morgan fingerprint density at radius 2 is 1.58 bits per heavy atom. The second kappa shape index (κ2) is 6.95. The third-order valence-electron chi connectivity index (χ3n) is 4.54. The Bertz CT molecular complexity index is 782. The molecule has 0 amide bonds. The molecule has 1 fully saturated rings. The molecule has 1 aliphatic rings. The lowest BCUT2D eigenvalue weighted by atomic mass is 10.0. The molecule has 2 aromatic rings. The zero-order valence-corrected chi connectivity index (χ0v) is 14.9. The molecule has 4 nitrogen and oxygen atoms in total. The highest BCUT2D eigenvalue weighted by Gasteiger charge is 2.28. The zero-order chi connectivity index (χ0) is 17.2. The fraction of sp³-hybridized carbons (Fsp3) is 0.368. The van der Waals surface area contributed by atoms with Crippen molar-refractivity contribution in [2.45, 2.75) is 24.7 Å². The summed E-state index contributed by atoms with van der Waals surface area (Å²) in [6.07, 6.45) is 2.03. The van der Waals surface area contributed by atoms with E-state index in [1.807, 2.05) is 36.4 Å². The monoisotopic (exact) mass is 345 g/mol. The van der Waals surface area contributed by atoms with Crippen molar-refractivity contribution < 1.29 is 13.2 Å². The molecular weight excluding hydrogens is 322 g/mol. The van der Waals surface area contributed by atoms with Gasteiger partial charge in [-0.3, -0.25) is 0 Å². The fourth-order valence-electron chi connectivity index (χ4n) is 3.12. The van der Waals surface area contributed by atoms with E-state index in [1.165, 1.54) is 0 Å². The summed E-state index contributed by atoms with van der Waals surface area (Å²) in [6, 6.07) is 14.9. The van der Waals surface area contributed by atoms with Crippen LogP contribution in [0.3, 0.4) is 0 Å². The molecule has 1 atom stereocenters. The van der Waals surface area contributed by atoms with Gasteiger partial charge in [-0.2, -0.15) is 4.31 Å². The van der Waals surface area contributed by atoms with Crippen molar-refractivity contribution in [1.82, 2.24) is 4.31 Å². The van der Waals surface area contributed by atoms with Crippen molar-refractivity contribution in [3.05, 3.63) is 48.5 Å². The van der Waals surface area contributed by atoms with Crippen LogP contribution in [0.25, 0.3) is 11.1 Å². The number of sulfonamides is 1. The van der Waals surface area contributed by atoms with Gasteiger partial charge in [0.1, 0.15) is 5.75 Å². The van der Waals surface area contributed by atoms with Crippen LogP contribution in [0.2, 0.25) is 0 Å². The molecule has 0 aliphatic carbocycles. The third-order valence-corrected chi connectivity index (χ3v) is 6.41. The predicted octanol–water partition coefficient (Wildman–Crippen LogP) is 3.78. The van der Waals surface area contributed by atoms with Gasteiger partial charge in [0.25, 0.3) is 0 Å². The van der Waals surface area contributed by atoms with E-state index >= 15 is 0 Å². The third kappa shape index (κ3) is 3.47. The number of nitrogens with zero attached hydrogens (tertiary/aromatic N) is 1. The van der Waals surface area contributed by atoms with Gasteiger partial charge in [-0.1, -0.05) is 31.2 Å². The highest BCUT2D eigenvalue weighted by Crippen LogP contribution is 2.27. The molecular formula is C19H23NO3S. The molecule has 0 unspecified atom stereocenters. The van der Waals surface area contributed by atoms with Crippen molar-refractivity contribution in [1.29, 1.82) is 0 Å². The van der Waals surface area contributed by atoms with Gasteiger partial charge >= 0.3 is 0 Å². The largest absolute Gasteiger partial charge is 0.497 e. The lowest BCUT2D eigenvalue weighted by Gasteiger charge is -2.30. The second-order valence-corrected chi connectivity index (χ2v) is 8.30. The fourth-order valence-corrected chi connectivity index (χ4v) is 4.71. The van der Waals surface area contributed by atoms with Crippen LogP contribution in [0, 0.1) is 5.92 Å². The first kappa shape index (κ1) is 17.0. The number of hydrogen-bond donors (Lipinski definition) is 0. The first-order valence-electron chi connectivity index (χ1n) is 8.25. The molecule has 0 saturated carbocycles. The number of hydrogen-bond acceptors (Lipinski definition) is 3. The standard InChI is InChI=1S/C19H23NO3S/c1-15-4-3-13-20(14-15)24(21,22)19-11-7-17(8-12-19)16-5-9-18(23-2)10-6-16/h5-12,15H,3-4,13-14H2,1-2H3/t15-/m0/s1. The Balaban J connectivity index is 1.82. The second-order valence-electron chi connectivity index (χ2n) is 6.36. The molecule has 0 N–H and O–H groups in total. The Kier molecular flexibility index (Phi) is 4.92. The topological polar surface area (TPSA) is 46.6 Å². The Morgan fingerprint density at radius 3 is 2.12 bits per heavy atom. The Morgan fingerprint density at radius 1 is 1.00 bits per heavy atom. The van der Waals surface area contributed by atoms with Gasteiger partial charge in [-0.25, -0.2) is 8.42 Å². The van der Waals surface area contributed by atoms with Crippen LogP contribution in [0.5, 0.6) is 5.75 Å². The summed E-state index contributed by atoms with van der Waals surface area (Å²) in [6.45, 7) is 3.34. The first-order valence-corrected chi connectivity index (χ1v) is 9.69. The van der Waals surface area contributed by atoms with Crippen LogP contribution in [0.15, 0.2) is 53.4 Å². The summed E-state index contributed by atoms with van der Waals surface area (Å²) in [5.74, 6) is 1.23. The van der Waals surface area contributed by atoms with Crippen molar-refractivity contribution in [2.24, 2.45) is 5.92 Å². The van der Waals surface area contributed by atoms with E-state index in [-0.39, 0.29) is 0 Å². The summed E-state index contributed by atoms with van der Waals surface area (Å²) in [7, 11) is -1.76. The summed E-state index contributed by atoms with van der Waals surface area (Å²) >= 11 is 0. The van der Waals surface area contributed by atoms with E-state index in [9.17, 15) is 8.42 Å². The van der Waals surface area contributed by atoms with Gasteiger partial charge in [-0.15, -0.1) is 0 Å². The van der Waals surface area contributed by atoms with E-state index in [4.69, 9.17) is 4.74 Å². The van der Waals surface area contributed by atoms with Crippen molar-refractivity contribution in [3.8, 4) is 16.9 Å². The van der Waals surface area contributed by atoms with E-state index in [0.717, 1.165) is 29.7 Å². The number of methoxy groups -OCH3 is 1. The summed E-state index contributed by atoms with van der Waals surface area (Å²) < 4.78 is 32.3. The Labute approximate surface area is 144 Å². The number of ether oxygens (including phenoxy) is 1. The molecule has 1 aliphatic heterocycles. The smallest absolute Gasteiger partial charge is 0.243 e. The van der Waals surface area contributed by atoms with Crippen LogP contribution in [-0.4, -0.2) is 32.9 Å². The quantitative estimate of drug-likeness (QED) is 0.847. The summed E-state index contributed by atoms with van der Waals surface area (Å²) in [5.41, 5.74) is 2.02. The zero-order valence-electron chi connectivity index (χ0n) is 14.1. The molecule has 5 heteroatoms. The number of benzene rings is 2. The van der Waals surface area contributed by atoms with Gasteiger partial charge in [0.2, 0.25) is 10.0 Å². The lowest BCUT2D eigenvalue weighted by Crippen LogP contribution is -2.39. The maximum atomic E-state index is 12.8. The average molecular weight is 345 g/mol. The SMILES string of the molecule is COc1ccc(-c2ccc(S(=O)(=O)N3CCC[C@H](C)C3)cc2)cc1. The maximum absolute atomic E-state index is 12.8. The summed E-state index contributed by atoms with van der Waals surface area (Å²) in [4.78, 5) is 0.369. The minimum Gasteiger partial charge on any atom is -0.497 e. The van der Waals surface area contributed by atoms with Crippen molar-refractivity contribution in [2.75, 3.05) is 20.2 Å². The van der Waals surface area contributed by atoms with Crippen molar-refractivity contribution in [3.63, 3.8) is 0 Å². The van der Waals surface area contributed by atoms with E-state index in [1.54, 1.807) is 23.5 Å². The highest BCUT2D eigenvalue weighted by molar-refractivity contribution is 7.89. The minimum absolute atomic E-state index is 0.369. The van der Waals surface area contributed by atoms with Gasteiger partial charge in [0.05, 0.1) is 12.0 Å². The lowest BCUT2D eigenvalue weighted by molar-refractivity contribution is 0.281. The van der Waals surface area contributed by atoms with E-state index < -0.39 is 10.0 Å². The molecule has 0 aromatic heterocycles. The molecule has 3 rings (SSSR count). The normalized spacial score (nSPS) is 19.2. The van der Waals surface area contributed by atoms with Crippen LogP contribution in [0.1, 0.15) is 19.8 Å². The van der Waals surface area contributed by atoms with E-state index in [2.05, 4.69) is 6.92 Å². The van der Waals surface area contributed by atoms with Gasteiger partial charge in [-0.05, 0) is 54.2 Å². The van der Waals surface area contributed by atoms with Gasteiger partial charge < -0.3 is 4.74 Å². The molecule has 1 heterocycles. The van der Waals surface area contributed by atoms with Crippen LogP contribution in [-0.2, 0) is 10.0 Å².